The summed E-state index contributed by atoms with van der Waals surface area (Å²) in [5.74, 6) is -0.838. The van der Waals surface area contributed by atoms with Gasteiger partial charge in [-0.1, -0.05) is 18.2 Å². The zero-order valence-corrected chi connectivity index (χ0v) is 12.2. The molecule has 118 valence electrons. The number of hydrogen-bond acceptors (Lipinski definition) is 7. The average Bonchev–Trinajstić information content (AvgIpc) is 2.90. The van der Waals surface area contributed by atoms with Crippen LogP contribution in [0.2, 0.25) is 0 Å². The fourth-order valence-corrected chi connectivity index (χ4v) is 3.02. The molecule has 1 N–H and O–H groups in total. The Bertz CT molecular complexity index is 572. The minimum atomic E-state index is -0.661. The lowest BCUT2D eigenvalue weighted by Gasteiger charge is -2.53. The molecular formula is C14H18N4O4. The largest absolute Gasteiger partial charge is 0.462 e. The fraction of sp³-hybridized carbons (Fsp3) is 0.643. The average molecular weight is 306 g/mol. The number of aromatic amines is 1. The number of H-pyrrole nitrogens is 1. The Labute approximate surface area is 127 Å². The van der Waals surface area contributed by atoms with Gasteiger partial charge in [0.25, 0.3) is 0 Å². The molecule has 2 fully saturated rings. The lowest BCUT2D eigenvalue weighted by molar-refractivity contribution is -0.167. The highest BCUT2D eigenvalue weighted by Gasteiger charge is 2.49. The predicted molar refractivity (Wildman–Crippen MR) is 73.1 cm³/mol. The van der Waals surface area contributed by atoms with E-state index in [1.54, 1.807) is 0 Å². The highest BCUT2D eigenvalue weighted by Crippen LogP contribution is 2.56. The van der Waals surface area contributed by atoms with Gasteiger partial charge >= 0.3 is 11.9 Å². The van der Waals surface area contributed by atoms with Crippen LogP contribution in [-0.2, 0) is 25.7 Å². The first kappa shape index (κ1) is 14.7. The number of rotatable bonds is 6. The molecule has 0 bridgehead atoms. The Morgan fingerprint density at radius 1 is 1.36 bits per heavy atom. The van der Waals surface area contributed by atoms with E-state index >= 15 is 0 Å². The van der Waals surface area contributed by atoms with Crippen molar-refractivity contribution in [2.75, 3.05) is 0 Å². The molecule has 0 aromatic carbocycles. The number of esters is 2. The van der Waals surface area contributed by atoms with Gasteiger partial charge in [0, 0.05) is 5.57 Å². The first-order chi connectivity index (χ1) is 10.6. The first-order valence-corrected chi connectivity index (χ1v) is 7.33. The van der Waals surface area contributed by atoms with Crippen molar-refractivity contribution in [3.8, 4) is 0 Å². The van der Waals surface area contributed by atoms with E-state index in [1.807, 2.05) is 0 Å². The van der Waals surface area contributed by atoms with Gasteiger partial charge in [-0.15, -0.1) is 10.2 Å². The number of nitrogens with zero attached hydrogens (tertiary/aromatic N) is 3. The fourth-order valence-electron chi connectivity index (χ4n) is 3.02. The van der Waals surface area contributed by atoms with E-state index < -0.39 is 11.9 Å². The second-order valence-electron chi connectivity index (χ2n) is 6.06. The minimum absolute atomic E-state index is 0.00375. The zero-order chi connectivity index (χ0) is 15.6. The van der Waals surface area contributed by atoms with Crippen LogP contribution in [0.1, 0.15) is 44.3 Å². The van der Waals surface area contributed by atoms with Gasteiger partial charge in [0.05, 0.1) is 6.42 Å². The number of ether oxygens (including phenoxy) is 2. The molecule has 1 spiro atoms. The summed E-state index contributed by atoms with van der Waals surface area (Å²) in [6, 6.07) is 0. The number of tetrazole rings is 1. The number of carbonyl (C=O) groups is 2. The van der Waals surface area contributed by atoms with Crippen LogP contribution in [0.3, 0.4) is 0 Å². The van der Waals surface area contributed by atoms with Gasteiger partial charge in [-0.25, -0.2) is 4.79 Å². The summed E-state index contributed by atoms with van der Waals surface area (Å²) in [5, 5.41) is 12.9. The molecule has 0 aliphatic heterocycles. The molecule has 8 nitrogen and oxygen atoms in total. The van der Waals surface area contributed by atoms with E-state index in [1.165, 1.54) is 19.3 Å². The third-order valence-electron chi connectivity index (χ3n) is 4.40. The topological polar surface area (TPSA) is 107 Å². The van der Waals surface area contributed by atoms with Crippen molar-refractivity contribution in [3.63, 3.8) is 0 Å². The molecule has 0 saturated heterocycles. The van der Waals surface area contributed by atoms with E-state index in [0.717, 1.165) is 12.8 Å². The molecule has 2 aliphatic rings. The second kappa shape index (κ2) is 5.86. The van der Waals surface area contributed by atoms with Gasteiger partial charge < -0.3 is 9.47 Å². The van der Waals surface area contributed by atoms with Gasteiger partial charge in [-0.2, -0.15) is 5.21 Å². The molecule has 1 aromatic rings. The Balaban J connectivity index is 1.35. The van der Waals surface area contributed by atoms with Gasteiger partial charge in [-0.3, -0.25) is 4.79 Å². The van der Waals surface area contributed by atoms with Crippen LogP contribution in [0.25, 0.3) is 0 Å². The molecule has 0 atom stereocenters. The van der Waals surface area contributed by atoms with Crippen molar-refractivity contribution in [1.82, 2.24) is 20.6 Å². The lowest BCUT2D eigenvalue weighted by Crippen LogP contribution is -2.47. The van der Waals surface area contributed by atoms with Crippen LogP contribution in [0, 0.1) is 5.41 Å². The maximum atomic E-state index is 11.8. The van der Waals surface area contributed by atoms with E-state index in [2.05, 4.69) is 27.2 Å². The summed E-state index contributed by atoms with van der Waals surface area (Å²) >= 11 is 0. The van der Waals surface area contributed by atoms with Crippen LogP contribution in [0.5, 0.6) is 0 Å². The second-order valence-corrected chi connectivity index (χ2v) is 6.06. The Kier molecular flexibility index (Phi) is 3.91. The number of nitrogens with one attached hydrogen (secondary N) is 1. The number of aromatic nitrogens is 4. The molecule has 2 aliphatic carbocycles. The molecular weight excluding hydrogens is 288 g/mol. The van der Waals surface area contributed by atoms with Crippen molar-refractivity contribution in [3.05, 3.63) is 18.0 Å². The molecule has 1 heterocycles. The van der Waals surface area contributed by atoms with Crippen molar-refractivity contribution in [1.29, 1.82) is 0 Å². The summed E-state index contributed by atoms with van der Waals surface area (Å²) in [5.41, 5.74) is 0.511. The normalized spacial score (nSPS) is 19.1. The summed E-state index contributed by atoms with van der Waals surface area (Å²) in [6.07, 6.45) is 5.52. The Morgan fingerprint density at radius 2 is 2.14 bits per heavy atom. The summed E-state index contributed by atoms with van der Waals surface area (Å²) in [6.45, 7) is 3.45. The Morgan fingerprint density at radius 3 is 2.73 bits per heavy atom. The van der Waals surface area contributed by atoms with Gasteiger partial charge in [0.2, 0.25) is 5.82 Å². The molecule has 0 unspecified atom stereocenters. The lowest BCUT2D eigenvalue weighted by atomic mass is 9.55. The van der Waals surface area contributed by atoms with E-state index in [4.69, 9.17) is 9.47 Å². The smallest absolute Gasteiger partial charge is 0.334 e. The van der Waals surface area contributed by atoms with Crippen molar-refractivity contribution in [2.24, 2.45) is 5.41 Å². The predicted octanol–water partition coefficient (Wildman–Crippen LogP) is 1.07. The van der Waals surface area contributed by atoms with Crippen LogP contribution in [0.4, 0.5) is 0 Å². The summed E-state index contributed by atoms with van der Waals surface area (Å²) < 4.78 is 10.3. The van der Waals surface area contributed by atoms with Crippen LogP contribution >= 0.6 is 0 Å². The minimum Gasteiger partial charge on any atom is -0.462 e. The molecule has 1 aromatic heterocycles. The monoisotopic (exact) mass is 306 g/mol. The maximum absolute atomic E-state index is 11.8. The van der Waals surface area contributed by atoms with Crippen molar-refractivity contribution in [2.45, 2.75) is 51.2 Å². The standard InChI is InChI=1S/C14H18N4O4/c1-9(13(20)21-8-11-15-17-18-16-11)5-12(19)22-10-6-14(7-10)3-2-4-14/h10H,1-8H2,(H,15,16,17,18). The number of hydrogen-bond donors (Lipinski definition) is 1. The molecule has 3 rings (SSSR count). The quantitative estimate of drug-likeness (QED) is 0.618. The van der Waals surface area contributed by atoms with Gasteiger partial charge in [-0.05, 0) is 31.1 Å². The molecule has 22 heavy (non-hydrogen) atoms. The number of carbonyl (C=O) groups excluding carboxylic acids is 2. The highest BCUT2D eigenvalue weighted by atomic mass is 16.5. The summed E-state index contributed by atoms with van der Waals surface area (Å²) in [4.78, 5) is 23.5. The van der Waals surface area contributed by atoms with Crippen molar-refractivity contribution >= 4 is 11.9 Å². The van der Waals surface area contributed by atoms with E-state index in [9.17, 15) is 9.59 Å². The van der Waals surface area contributed by atoms with Gasteiger partial charge in [0.1, 0.15) is 6.10 Å². The maximum Gasteiger partial charge on any atom is 0.334 e. The SMILES string of the molecule is C=C(CC(=O)OC1CC2(CCC2)C1)C(=O)OCc1nn[nH]n1. The van der Waals surface area contributed by atoms with Crippen molar-refractivity contribution < 1.29 is 19.1 Å². The molecule has 2 saturated carbocycles. The third kappa shape index (κ3) is 3.15. The summed E-state index contributed by atoms with van der Waals surface area (Å²) in [7, 11) is 0. The van der Waals surface area contributed by atoms with E-state index in [0.29, 0.717) is 5.41 Å². The third-order valence-corrected chi connectivity index (χ3v) is 4.40. The Hall–Kier alpha value is -2.25. The van der Waals surface area contributed by atoms with E-state index in [-0.39, 0.29) is 30.5 Å². The highest BCUT2D eigenvalue weighted by molar-refractivity contribution is 5.93. The zero-order valence-electron chi connectivity index (χ0n) is 12.2. The molecule has 0 radical (unpaired) electrons. The molecule has 0 amide bonds. The van der Waals surface area contributed by atoms with Crippen LogP contribution < -0.4 is 0 Å². The van der Waals surface area contributed by atoms with Gasteiger partial charge in [0.15, 0.2) is 6.61 Å². The molecule has 8 heteroatoms. The van der Waals surface area contributed by atoms with Crippen LogP contribution in [-0.4, -0.2) is 38.7 Å². The van der Waals surface area contributed by atoms with Crippen LogP contribution in [0.15, 0.2) is 12.2 Å². The first-order valence-electron chi connectivity index (χ1n) is 7.33.